The van der Waals surface area contributed by atoms with Gasteiger partial charge in [-0.2, -0.15) is 0 Å². The lowest BCUT2D eigenvalue weighted by molar-refractivity contribution is 0.0698. The third kappa shape index (κ3) is 1.78. The number of nitrogen functional groups attached to an aromatic ring is 1. The van der Waals surface area contributed by atoms with Crippen molar-refractivity contribution in [1.82, 2.24) is 0 Å². The molecule has 5 heteroatoms. The van der Waals surface area contributed by atoms with Crippen LogP contribution in [0.4, 0.5) is 5.69 Å². The summed E-state index contributed by atoms with van der Waals surface area (Å²) in [7, 11) is 0. The topological polar surface area (TPSA) is 63.3 Å². The Morgan fingerprint density at radius 2 is 2.23 bits per heavy atom. The fourth-order valence-electron chi connectivity index (χ4n) is 0.915. The standard InChI is InChI=1S/C8H7BrClNO2/c1-3-5(9)2-4(8(12)13)7(11)6(3)10/h2H,11H2,1H3,(H,12,13). The Labute approximate surface area is 88.6 Å². The molecule has 1 aromatic carbocycles. The predicted molar refractivity (Wildman–Crippen MR) is 55.3 cm³/mol. The average Bonchev–Trinajstić information content (AvgIpc) is 2.07. The zero-order valence-electron chi connectivity index (χ0n) is 6.77. The Morgan fingerprint density at radius 1 is 1.69 bits per heavy atom. The minimum Gasteiger partial charge on any atom is -0.478 e. The minimum absolute atomic E-state index is 0.0162. The molecular weight excluding hydrogens is 257 g/mol. The molecule has 1 aromatic rings. The summed E-state index contributed by atoms with van der Waals surface area (Å²) in [6.45, 7) is 1.76. The molecule has 3 N–H and O–H groups in total. The van der Waals surface area contributed by atoms with Gasteiger partial charge in [-0.3, -0.25) is 0 Å². The average molecular weight is 265 g/mol. The van der Waals surface area contributed by atoms with Crippen molar-refractivity contribution in [2.75, 3.05) is 5.73 Å². The summed E-state index contributed by atoms with van der Waals surface area (Å²) in [5, 5.41) is 9.03. The maximum atomic E-state index is 10.7. The molecule has 0 saturated heterocycles. The molecule has 0 unspecified atom stereocenters. The molecule has 0 aliphatic rings. The summed E-state index contributed by atoms with van der Waals surface area (Å²) < 4.78 is 0.643. The molecular formula is C8H7BrClNO2. The lowest BCUT2D eigenvalue weighted by Gasteiger charge is -2.07. The van der Waals surface area contributed by atoms with Gasteiger partial charge in [0.05, 0.1) is 16.3 Å². The number of carboxylic acid groups (broad SMARTS) is 1. The molecule has 0 aliphatic heterocycles. The predicted octanol–water partition coefficient (Wildman–Crippen LogP) is 2.69. The first kappa shape index (κ1) is 10.3. The fourth-order valence-corrected chi connectivity index (χ4v) is 1.66. The second kappa shape index (κ2) is 3.55. The highest BCUT2D eigenvalue weighted by Gasteiger charge is 2.14. The van der Waals surface area contributed by atoms with E-state index in [0.717, 1.165) is 5.56 Å². The molecule has 0 radical (unpaired) electrons. The van der Waals surface area contributed by atoms with Gasteiger partial charge in [0.25, 0.3) is 0 Å². The molecule has 3 nitrogen and oxygen atoms in total. The Kier molecular flexibility index (Phi) is 2.83. The van der Waals surface area contributed by atoms with Crippen molar-refractivity contribution in [1.29, 1.82) is 0 Å². The molecule has 0 atom stereocenters. The van der Waals surface area contributed by atoms with Gasteiger partial charge >= 0.3 is 5.97 Å². The van der Waals surface area contributed by atoms with Crippen LogP contribution >= 0.6 is 27.5 Å². The maximum Gasteiger partial charge on any atom is 0.337 e. The number of benzene rings is 1. The molecule has 13 heavy (non-hydrogen) atoms. The van der Waals surface area contributed by atoms with E-state index in [4.69, 9.17) is 22.4 Å². The number of aromatic carboxylic acids is 1. The molecule has 0 bridgehead atoms. The Bertz CT molecular complexity index is 379. The van der Waals surface area contributed by atoms with Gasteiger partial charge in [-0.25, -0.2) is 4.79 Å². The monoisotopic (exact) mass is 263 g/mol. The van der Waals surface area contributed by atoms with E-state index < -0.39 is 5.97 Å². The Balaban J connectivity index is 3.50. The van der Waals surface area contributed by atoms with Crippen molar-refractivity contribution in [3.63, 3.8) is 0 Å². The SMILES string of the molecule is Cc1c(Br)cc(C(=O)O)c(N)c1Cl. The molecule has 0 saturated carbocycles. The van der Waals surface area contributed by atoms with Crippen LogP contribution < -0.4 is 5.73 Å². The third-order valence-corrected chi connectivity index (χ3v) is 3.03. The first-order valence-electron chi connectivity index (χ1n) is 3.42. The smallest absolute Gasteiger partial charge is 0.337 e. The van der Waals surface area contributed by atoms with Crippen LogP contribution in [0.5, 0.6) is 0 Å². The van der Waals surface area contributed by atoms with Gasteiger partial charge in [0.15, 0.2) is 0 Å². The first-order chi connectivity index (χ1) is 5.95. The number of hydrogen-bond acceptors (Lipinski definition) is 2. The number of halogens is 2. The molecule has 0 spiro atoms. The minimum atomic E-state index is -1.08. The summed E-state index contributed by atoms with van der Waals surface area (Å²) in [6.07, 6.45) is 0. The van der Waals surface area contributed by atoms with E-state index in [2.05, 4.69) is 15.9 Å². The molecule has 0 fully saturated rings. The maximum absolute atomic E-state index is 10.7. The molecule has 0 heterocycles. The highest BCUT2D eigenvalue weighted by molar-refractivity contribution is 9.10. The third-order valence-electron chi connectivity index (χ3n) is 1.72. The highest BCUT2D eigenvalue weighted by atomic mass is 79.9. The van der Waals surface area contributed by atoms with Crippen molar-refractivity contribution in [3.05, 3.63) is 26.7 Å². The second-order valence-corrected chi connectivity index (χ2v) is 3.80. The van der Waals surface area contributed by atoms with Gasteiger partial charge in [0.2, 0.25) is 0 Å². The summed E-state index contributed by atoms with van der Waals surface area (Å²) >= 11 is 9.01. The van der Waals surface area contributed by atoms with Gasteiger partial charge in [-0.05, 0) is 18.6 Å². The van der Waals surface area contributed by atoms with Gasteiger partial charge in [-0.15, -0.1) is 0 Å². The number of carboxylic acids is 1. The van der Waals surface area contributed by atoms with Crippen LogP contribution in [0.15, 0.2) is 10.5 Å². The van der Waals surface area contributed by atoms with Crippen LogP contribution in [0.25, 0.3) is 0 Å². The van der Waals surface area contributed by atoms with E-state index in [9.17, 15) is 4.79 Å². The summed E-state index contributed by atoms with van der Waals surface area (Å²) in [5.74, 6) is -1.08. The van der Waals surface area contributed by atoms with E-state index in [1.54, 1.807) is 6.92 Å². The molecule has 1 rings (SSSR count). The van der Waals surface area contributed by atoms with Gasteiger partial charge in [-0.1, -0.05) is 27.5 Å². The van der Waals surface area contributed by atoms with Crippen LogP contribution in [0, 0.1) is 6.92 Å². The van der Waals surface area contributed by atoms with E-state index in [0.29, 0.717) is 4.47 Å². The number of rotatable bonds is 1. The lowest BCUT2D eigenvalue weighted by atomic mass is 10.1. The zero-order chi connectivity index (χ0) is 10.2. The molecule has 0 amide bonds. The van der Waals surface area contributed by atoms with E-state index in [1.165, 1.54) is 6.07 Å². The van der Waals surface area contributed by atoms with Crippen molar-refractivity contribution in [2.45, 2.75) is 6.92 Å². The summed E-state index contributed by atoms with van der Waals surface area (Å²) in [5.41, 5.74) is 6.38. The van der Waals surface area contributed by atoms with Crippen LogP contribution in [-0.4, -0.2) is 11.1 Å². The van der Waals surface area contributed by atoms with Crippen molar-refractivity contribution in [2.24, 2.45) is 0 Å². The normalized spacial score (nSPS) is 10.1. The number of hydrogen-bond donors (Lipinski definition) is 2. The van der Waals surface area contributed by atoms with Gasteiger partial charge in [0, 0.05) is 4.47 Å². The van der Waals surface area contributed by atoms with Crippen molar-refractivity contribution >= 4 is 39.2 Å². The Hall–Kier alpha value is -0.740. The van der Waals surface area contributed by atoms with Crippen LogP contribution in [-0.2, 0) is 0 Å². The largest absolute Gasteiger partial charge is 0.478 e. The van der Waals surface area contributed by atoms with Crippen molar-refractivity contribution < 1.29 is 9.90 Å². The van der Waals surface area contributed by atoms with Crippen LogP contribution in [0.1, 0.15) is 15.9 Å². The van der Waals surface area contributed by atoms with Crippen LogP contribution in [0.2, 0.25) is 5.02 Å². The number of carbonyl (C=O) groups is 1. The molecule has 0 aromatic heterocycles. The highest BCUT2D eigenvalue weighted by Crippen LogP contribution is 2.32. The quantitative estimate of drug-likeness (QED) is 0.767. The molecule has 0 aliphatic carbocycles. The second-order valence-electron chi connectivity index (χ2n) is 2.56. The van der Waals surface area contributed by atoms with Gasteiger partial charge in [0.1, 0.15) is 0 Å². The first-order valence-corrected chi connectivity index (χ1v) is 4.59. The zero-order valence-corrected chi connectivity index (χ0v) is 9.11. The van der Waals surface area contributed by atoms with E-state index in [-0.39, 0.29) is 16.3 Å². The van der Waals surface area contributed by atoms with E-state index >= 15 is 0 Å². The lowest BCUT2D eigenvalue weighted by Crippen LogP contribution is -2.04. The number of anilines is 1. The fraction of sp³-hybridized carbons (Fsp3) is 0.125. The van der Waals surface area contributed by atoms with Crippen molar-refractivity contribution in [3.8, 4) is 0 Å². The van der Waals surface area contributed by atoms with Gasteiger partial charge < -0.3 is 10.8 Å². The van der Waals surface area contributed by atoms with E-state index in [1.807, 2.05) is 0 Å². The summed E-state index contributed by atoms with van der Waals surface area (Å²) in [4.78, 5) is 10.7. The molecule has 70 valence electrons. The number of nitrogens with two attached hydrogens (primary N) is 1. The summed E-state index contributed by atoms with van der Waals surface area (Å²) in [6, 6.07) is 1.44. The van der Waals surface area contributed by atoms with Crippen LogP contribution in [0.3, 0.4) is 0 Å². The Morgan fingerprint density at radius 3 is 2.69 bits per heavy atom.